The molecule has 150 valence electrons. The van der Waals surface area contributed by atoms with Gasteiger partial charge in [0.25, 0.3) is 0 Å². The van der Waals surface area contributed by atoms with Gasteiger partial charge in [-0.1, -0.05) is 30.3 Å². The highest BCUT2D eigenvalue weighted by Gasteiger charge is 2.10. The van der Waals surface area contributed by atoms with Gasteiger partial charge in [-0.2, -0.15) is 0 Å². The molecule has 0 saturated heterocycles. The third-order valence-electron chi connectivity index (χ3n) is 4.42. The monoisotopic (exact) mass is 399 g/mol. The molecule has 0 bridgehead atoms. The van der Waals surface area contributed by atoms with Crippen LogP contribution in [0.3, 0.4) is 0 Å². The highest BCUT2D eigenvalue weighted by Crippen LogP contribution is 2.24. The predicted molar refractivity (Wildman–Crippen MR) is 115 cm³/mol. The first-order valence-electron chi connectivity index (χ1n) is 9.39. The third kappa shape index (κ3) is 4.61. The highest BCUT2D eigenvalue weighted by molar-refractivity contribution is 5.98. The molecular weight excluding hydrogens is 378 g/mol. The van der Waals surface area contributed by atoms with Gasteiger partial charge in [-0.3, -0.25) is 5.41 Å². The van der Waals surface area contributed by atoms with Gasteiger partial charge in [-0.25, -0.2) is 15.0 Å². The third-order valence-corrected chi connectivity index (χ3v) is 4.42. The molecule has 5 N–H and O–H groups in total. The van der Waals surface area contributed by atoms with Crippen molar-refractivity contribution in [1.82, 2.24) is 19.9 Å². The van der Waals surface area contributed by atoms with Gasteiger partial charge in [0.15, 0.2) is 5.82 Å². The molecular formula is C22H21N7O. The fourth-order valence-corrected chi connectivity index (χ4v) is 2.92. The Hall–Kier alpha value is -4.20. The molecule has 8 nitrogen and oxygen atoms in total. The van der Waals surface area contributed by atoms with Gasteiger partial charge in [0.2, 0.25) is 0 Å². The summed E-state index contributed by atoms with van der Waals surface area (Å²) < 4.78 is 5.83. The number of ether oxygens (including phenoxy) is 1. The van der Waals surface area contributed by atoms with Crippen molar-refractivity contribution < 1.29 is 4.74 Å². The first-order valence-corrected chi connectivity index (χ1v) is 9.39. The Morgan fingerprint density at radius 3 is 2.60 bits per heavy atom. The number of hydrogen-bond acceptors (Lipinski definition) is 6. The van der Waals surface area contributed by atoms with Crippen LogP contribution < -0.4 is 15.8 Å². The number of anilines is 1. The van der Waals surface area contributed by atoms with Crippen molar-refractivity contribution in [3.8, 4) is 17.0 Å². The Bertz CT molecular complexity index is 1130. The lowest BCUT2D eigenvalue weighted by atomic mass is 10.1. The molecule has 0 radical (unpaired) electrons. The zero-order valence-corrected chi connectivity index (χ0v) is 16.2. The minimum Gasteiger partial charge on any atom is -0.485 e. The van der Waals surface area contributed by atoms with E-state index in [0.717, 1.165) is 22.8 Å². The molecule has 0 saturated carbocycles. The standard InChI is InChI=1S/C22H21N7O/c23-22(24)17-8-7-16(11-19(17)30-14-21-25-9-4-10-26-21)27-13-20-28-12-18(29-20)15-5-2-1-3-6-15/h1-12,27H,13-14H2,(H3,23,24)(H,28,29). The molecule has 0 fully saturated rings. The minimum atomic E-state index is -0.0657. The maximum atomic E-state index is 7.78. The number of aromatic nitrogens is 4. The van der Waals surface area contributed by atoms with Crippen LogP contribution in [-0.4, -0.2) is 25.8 Å². The molecule has 2 heterocycles. The molecule has 4 aromatic rings. The largest absolute Gasteiger partial charge is 0.485 e. The lowest BCUT2D eigenvalue weighted by molar-refractivity contribution is 0.295. The van der Waals surface area contributed by atoms with Crippen LogP contribution in [0.2, 0.25) is 0 Å². The Balaban J connectivity index is 1.45. The minimum absolute atomic E-state index is 0.0657. The Morgan fingerprint density at radius 1 is 1.03 bits per heavy atom. The van der Waals surface area contributed by atoms with E-state index >= 15 is 0 Å². The van der Waals surface area contributed by atoms with Crippen molar-refractivity contribution in [2.45, 2.75) is 13.2 Å². The summed E-state index contributed by atoms with van der Waals surface area (Å²) in [6.07, 6.45) is 5.13. The van der Waals surface area contributed by atoms with E-state index in [2.05, 4.69) is 25.3 Å². The van der Waals surface area contributed by atoms with Crippen molar-refractivity contribution in [1.29, 1.82) is 5.41 Å². The number of nitrogens with one attached hydrogen (secondary N) is 3. The molecule has 0 unspecified atom stereocenters. The normalized spacial score (nSPS) is 10.5. The molecule has 8 heteroatoms. The highest BCUT2D eigenvalue weighted by atomic mass is 16.5. The molecule has 2 aromatic heterocycles. The maximum Gasteiger partial charge on any atom is 0.166 e. The van der Waals surface area contributed by atoms with Crippen molar-refractivity contribution in [3.05, 3.63) is 90.4 Å². The lowest BCUT2D eigenvalue weighted by Gasteiger charge is -2.13. The fraction of sp³-hybridized carbons (Fsp3) is 0.0909. The van der Waals surface area contributed by atoms with Crippen LogP contribution in [0.5, 0.6) is 5.75 Å². The van der Waals surface area contributed by atoms with Gasteiger partial charge < -0.3 is 20.8 Å². The number of H-pyrrole nitrogens is 1. The topological polar surface area (TPSA) is 126 Å². The van der Waals surface area contributed by atoms with Crippen molar-refractivity contribution >= 4 is 11.5 Å². The Morgan fingerprint density at radius 2 is 1.83 bits per heavy atom. The van der Waals surface area contributed by atoms with Crippen molar-refractivity contribution in [2.24, 2.45) is 5.73 Å². The number of rotatable bonds is 8. The van der Waals surface area contributed by atoms with E-state index in [0.29, 0.717) is 23.7 Å². The van der Waals surface area contributed by atoms with Gasteiger partial charge in [-0.05, 0) is 23.8 Å². The summed E-state index contributed by atoms with van der Waals surface area (Å²) >= 11 is 0. The van der Waals surface area contributed by atoms with E-state index in [1.165, 1.54) is 0 Å². The van der Waals surface area contributed by atoms with Crippen LogP contribution >= 0.6 is 0 Å². The van der Waals surface area contributed by atoms with Crippen LogP contribution in [0.25, 0.3) is 11.3 Å². The van der Waals surface area contributed by atoms with Gasteiger partial charge in [0.05, 0.1) is 24.0 Å². The summed E-state index contributed by atoms with van der Waals surface area (Å²) in [6, 6.07) is 17.2. The predicted octanol–water partition coefficient (Wildman–Crippen LogP) is 3.34. The van der Waals surface area contributed by atoms with Crippen LogP contribution in [0.15, 0.2) is 73.2 Å². The first-order chi connectivity index (χ1) is 14.7. The zero-order valence-electron chi connectivity index (χ0n) is 16.2. The number of nitrogens with two attached hydrogens (primary N) is 1. The summed E-state index contributed by atoms with van der Waals surface area (Å²) in [5.41, 5.74) is 9.08. The smallest absolute Gasteiger partial charge is 0.166 e. The summed E-state index contributed by atoms with van der Waals surface area (Å²) in [4.78, 5) is 16.0. The first kappa shape index (κ1) is 19.1. The molecule has 0 amide bonds. The second-order valence-electron chi connectivity index (χ2n) is 6.54. The van der Waals surface area contributed by atoms with E-state index < -0.39 is 0 Å². The molecule has 2 aromatic carbocycles. The van der Waals surface area contributed by atoms with Gasteiger partial charge in [0.1, 0.15) is 24.0 Å². The second kappa shape index (κ2) is 8.87. The molecule has 0 aliphatic carbocycles. The number of amidine groups is 1. The molecule has 4 rings (SSSR count). The number of hydrogen-bond donors (Lipinski definition) is 4. The Labute approximate surface area is 173 Å². The van der Waals surface area contributed by atoms with Crippen LogP contribution in [0.4, 0.5) is 5.69 Å². The molecule has 0 aliphatic rings. The van der Waals surface area contributed by atoms with E-state index in [1.807, 2.05) is 42.6 Å². The number of nitrogens with zero attached hydrogens (tertiary/aromatic N) is 3. The quantitative estimate of drug-likeness (QED) is 0.266. The fourth-order valence-electron chi connectivity index (χ4n) is 2.92. The summed E-state index contributed by atoms with van der Waals surface area (Å²) in [7, 11) is 0. The second-order valence-corrected chi connectivity index (χ2v) is 6.54. The maximum absolute atomic E-state index is 7.78. The van der Waals surface area contributed by atoms with E-state index in [-0.39, 0.29) is 12.4 Å². The Kier molecular flexibility index (Phi) is 5.66. The molecule has 0 atom stereocenters. The summed E-state index contributed by atoms with van der Waals surface area (Å²) in [5, 5.41) is 11.1. The average Bonchev–Trinajstić information content (AvgIpc) is 3.27. The van der Waals surface area contributed by atoms with Crippen LogP contribution in [-0.2, 0) is 13.2 Å². The SMILES string of the molecule is N=C(N)c1ccc(NCc2ncc(-c3ccccc3)[nH]2)cc1OCc1ncccn1. The van der Waals surface area contributed by atoms with Gasteiger partial charge in [-0.15, -0.1) is 0 Å². The number of benzene rings is 2. The van der Waals surface area contributed by atoms with Crippen molar-refractivity contribution in [2.75, 3.05) is 5.32 Å². The van der Waals surface area contributed by atoms with Crippen LogP contribution in [0, 0.1) is 5.41 Å². The lowest BCUT2D eigenvalue weighted by Crippen LogP contribution is -2.14. The van der Waals surface area contributed by atoms with Gasteiger partial charge in [0, 0.05) is 24.1 Å². The molecule has 30 heavy (non-hydrogen) atoms. The average molecular weight is 399 g/mol. The summed E-state index contributed by atoms with van der Waals surface area (Å²) in [6.45, 7) is 0.691. The van der Waals surface area contributed by atoms with Gasteiger partial charge >= 0.3 is 0 Å². The van der Waals surface area contributed by atoms with E-state index in [9.17, 15) is 0 Å². The summed E-state index contributed by atoms with van der Waals surface area (Å²) in [5.74, 6) is 1.78. The number of imidazole rings is 1. The zero-order chi connectivity index (χ0) is 20.8. The van der Waals surface area contributed by atoms with E-state index in [4.69, 9.17) is 15.9 Å². The van der Waals surface area contributed by atoms with Crippen molar-refractivity contribution in [3.63, 3.8) is 0 Å². The van der Waals surface area contributed by atoms with Crippen LogP contribution in [0.1, 0.15) is 17.2 Å². The molecule has 0 aliphatic heterocycles. The number of aromatic amines is 1. The van der Waals surface area contributed by atoms with E-state index in [1.54, 1.807) is 30.6 Å². The number of nitrogen functional groups attached to an aromatic ring is 1. The molecule has 0 spiro atoms.